The number of benzene rings is 1. The van der Waals surface area contributed by atoms with Crippen LogP contribution in [0.1, 0.15) is 42.8 Å². The van der Waals surface area contributed by atoms with Gasteiger partial charge in [-0.1, -0.05) is 24.2 Å². The maximum Gasteiger partial charge on any atom is 0.418 e. The summed E-state index contributed by atoms with van der Waals surface area (Å²) in [4.78, 5) is 14.0. The predicted octanol–water partition coefficient (Wildman–Crippen LogP) is 4.62. The van der Waals surface area contributed by atoms with Gasteiger partial charge in [-0.15, -0.1) is 0 Å². The highest BCUT2D eigenvalue weighted by atomic mass is 19.4. The summed E-state index contributed by atoms with van der Waals surface area (Å²) in [5.41, 5.74) is -0.339. The molecule has 0 aliphatic carbocycles. The summed E-state index contributed by atoms with van der Waals surface area (Å²) in [6.45, 7) is 2.39. The summed E-state index contributed by atoms with van der Waals surface area (Å²) in [6.07, 6.45) is -2.38. The van der Waals surface area contributed by atoms with E-state index in [1.54, 1.807) is 6.07 Å². The number of carbonyl (C=O) groups excluding carboxylic acids is 1. The quantitative estimate of drug-likeness (QED) is 0.876. The first-order valence-electron chi connectivity index (χ1n) is 8.09. The molecule has 2 aromatic rings. The molecule has 1 aromatic carbocycles. The standard InChI is InChI=1S/C17H18F3N3O2/c1-2-11-10-15(25-22-11)14-8-5-9-23(14)16(24)21-13-7-4-3-6-12(13)17(18,19)20/h3-4,6-7,10,14H,2,5,8-9H2,1H3,(H,21,24)/t14-/m0/s1. The van der Waals surface area contributed by atoms with Crippen molar-refractivity contribution in [1.82, 2.24) is 10.1 Å². The lowest BCUT2D eigenvalue weighted by Gasteiger charge is -2.24. The van der Waals surface area contributed by atoms with Gasteiger partial charge in [-0.05, 0) is 31.4 Å². The molecule has 1 atom stereocenters. The summed E-state index contributed by atoms with van der Waals surface area (Å²) >= 11 is 0. The minimum atomic E-state index is -4.53. The number of hydrogen-bond acceptors (Lipinski definition) is 3. The number of para-hydroxylation sites is 1. The molecule has 0 radical (unpaired) electrons. The minimum Gasteiger partial charge on any atom is -0.359 e. The average molecular weight is 353 g/mol. The number of nitrogens with one attached hydrogen (secondary N) is 1. The van der Waals surface area contributed by atoms with Gasteiger partial charge in [0.05, 0.1) is 23.0 Å². The van der Waals surface area contributed by atoms with Gasteiger partial charge in [0.2, 0.25) is 0 Å². The van der Waals surface area contributed by atoms with Crippen molar-refractivity contribution in [2.45, 2.75) is 38.4 Å². The van der Waals surface area contributed by atoms with E-state index in [9.17, 15) is 18.0 Å². The molecule has 3 rings (SSSR count). The van der Waals surface area contributed by atoms with Crippen molar-refractivity contribution in [2.75, 3.05) is 11.9 Å². The maximum atomic E-state index is 13.1. The number of hydrogen-bond donors (Lipinski definition) is 1. The second kappa shape index (κ2) is 6.78. The fourth-order valence-electron chi connectivity index (χ4n) is 2.98. The van der Waals surface area contributed by atoms with Crippen LogP contribution in [0.2, 0.25) is 0 Å². The first-order valence-corrected chi connectivity index (χ1v) is 8.09. The number of aromatic nitrogens is 1. The third-order valence-electron chi connectivity index (χ3n) is 4.26. The Hall–Kier alpha value is -2.51. The highest BCUT2D eigenvalue weighted by Crippen LogP contribution is 2.36. The van der Waals surface area contributed by atoms with Gasteiger partial charge in [-0.2, -0.15) is 13.2 Å². The van der Waals surface area contributed by atoms with E-state index in [1.165, 1.54) is 23.1 Å². The van der Waals surface area contributed by atoms with E-state index in [1.807, 2.05) is 6.92 Å². The molecule has 0 spiro atoms. The Balaban J connectivity index is 1.79. The number of halogens is 3. The molecule has 1 aromatic heterocycles. The molecule has 134 valence electrons. The number of carbonyl (C=O) groups is 1. The van der Waals surface area contributed by atoms with Gasteiger partial charge in [0.1, 0.15) is 0 Å². The van der Waals surface area contributed by atoms with Crippen molar-refractivity contribution in [3.63, 3.8) is 0 Å². The van der Waals surface area contributed by atoms with Crippen LogP contribution in [0.4, 0.5) is 23.7 Å². The molecule has 1 aliphatic rings. The van der Waals surface area contributed by atoms with Crippen molar-refractivity contribution in [3.05, 3.63) is 47.3 Å². The van der Waals surface area contributed by atoms with E-state index in [2.05, 4.69) is 10.5 Å². The average Bonchev–Trinajstić information content (AvgIpc) is 3.23. The van der Waals surface area contributed by atoms with Crippen LogP contribution in [0.25, 0.3) is 0 Å². The molecule has 1 fully saturated rings. The number of rotatable bonds is 3. The smallest absolute Gasteiger partial charge is 0.359 e. The Bertz CT molecular complexity index is 758. The Morgan fingerprint density at radius 3 is 2.84 bits per heavy atom. The Morgan fingerprint density at radius 2 is 2.16 bits per heavy atom. The first kappa shape index (κ1) is 17.3. The van der Waals surface area contributed by atoms with E-state index in [0.717, 1.165) is 18.2 Å². The molecule has 25 heavy (non-hydrogen) atoms. The second-order valence-corrected chi connectivity index (χ2v) is 5.90. The zero-order valence-corrected chi connectivity index (χ0v) is 13.6. The van der Waals surface area contributed by atoms with Gasteiger partial charge in [0, 0.05) is 12.6 Å². The molecule has 0 bridgehead atoms. The molecule has 1 N–H and O–H groups in total. The van der Waals surface area contributed by atoms with Crippen molar-refractivity contribution < 1.29 is 22.5 Å². The van der Waals surface area contributed by atoms with E-state index in [4.69, 9.17) is 4.52 Å². The largest absolute Gasteiger partial charge is 0.418 e. The maximum absolute atomic E-state index is 13.1. The van der Waals surface area contributed by atoms with Crippen LogP contribution in [0, 0.1) is 0 Å². The lowest BCUT2D eigenvalue weighted by Crippen LogP contribution is -2.34. The molecular weight excluding hydrogens is 335 g/mol. The van der Waals surface area contributed by atoms with Crippen LogP contribution in [0.15, 0.2) is 34.9 Å². The van der Waals surface area contributed by atoms with E-state index >= 15 is 0 Å². The van der Waals surface area contributed by atoms with Crippen LogP contribution < -0.4 is 5.32 Å². The summed E-state index contributed by atoms with van der Waals surface area (Å²) in [7, 11) is 0. The van der Waals surface area contributed by atoms with Gasteiger partial charge >= 0.3 is 12.2 Å². The van der Waals surface area contributed by atoms with Crippen LogP contribution in [-0.4, -0.2) is 22.6 Å². The van der Waals surface area contributed by atoms with E-state index < -0.39 is 17.8 Å². The second-order valence-electron chi connectivity index (χ2n) is 5.90. The lowest BCUT2D eigenvalue weighted by atomic mass is 10.1. The number of amides is 2. The summed E-state index contributed by atoms with van der Waals surface area (Å²) in [6, 6.07) is 5.84. The molecule has 2 heterocycles. The first-order chi connectivity index (χ1) is 11.9. The van der Waals surface area contributed by atoms with Crippen molar-refractivity contribution in [3.8, 4) is 0 Å². The van der Waals surface area contributed by atoms with Crippen molar-refractivity contribution >= 4 is 11.7 Å². The lowest BCUT2D eigenvalue weighted by molar-refractivity contribution is -0.136. The van der Waals surface area contributed by atoms with E-state index in [-0.39, 0.29) is 11.7 Å². The number of aryl methyl sites for hydroxylation is 1. The van der Waals surface area contributed by atoms with Gasteiger partial charge in [-0.3, -0.25) is 0 Å². The third kappa shape index (κ3) is 3.62. The fourth-order valence-corrected chi connectivity index (χ4v) is 2.98. The molecular formula is C17H18F3N3O2. The number of alkyl halides is 3. The van der Waals surface area contributed by atoms with Gasteiger partial charge in [0.25, 0.3) is 0 Å². The Morgan fingerprint density at radius 1 is 1.40 bits per heavy atom. The summed E-state index contributed by atoms with van der Waals surface area (Å²) in [5.74, 6) is 0.564. The monoisotopic (exact) mass is 353 g/mol. The van der Waals surface area contributed by atoms with Crippen LogP contribution in [0.3, 0.4) is 0 Å². The van der Waals surface area contributed by atoms with Gasteiger partial charge in [0.15, 0.2) is 5.76 Å². The zero-order valence-electron chi connectivity index (χ0n) is 13.6. The molecule has 0 saturated carbocycles. The van der Waals surface area contributed by atoms with E-state index in [0.29, 0.717) is 25.1 Å². The number of anilines is 1. The zero-order chi connectivity index (χ0) is 18.0. The highest BCUT2D eigenvalue weighted by molar-refractivity contribution is 5.90. The van der Waals surface area contributed by atoms with Gasteiger partial charge < -0.3 is 14.7 Å². The normalized spacial score (nSPS) is 17.8. The van der Waals surface area contributed by atoms with Crippen LogP contribution >= 0.6 is 0 Å². The molecule has 5 nitrogen and oxygen atoms in total. The third-order valence-corrected chi connectivity index (χ3v) is 4.26. The molecule has 8 heteroatoms. The number of likely N-dealkylation sites (tertiary alicyclic amines) is 1. The topological polar surface area (TPSA) is 58.4 Å². The molecule has 1 aliphatic heterocycles. The Kier molecular flexibility index (Phi) is 4.69. The molecule has 2 amide bonds. The van der Waals surface area contributed by atoms with Crippen molar-refractivity contribution in [2.24, 2.45) is 0 Å². The number of nitrogens with zero attached hydrogens (tertiary/aromatic N) is 2. The predicted molar refractivity (Wildman–Crippen MR) is 85.0 cm³/mol. The highest BCUT2D eigenvalue weighted by Gasteiger charge is 2.36. The molecule has 1 saturated heterocycles. The number of urea groups is 1. The van der Waals surface area contributed by atoms with Crippen LogP contribution in [0.5, 0.6) is 0 Å². The SMILES string of the molecule is CCc1cc([C@@H]2CCCN2C(=O)Nc2ccccc2C(F)(F)F)on1. The van der Waals surface area contributed by atoms with Crippen LogP contribution in [-0.2, 0) is 12.6 Å². The minimum absolute atomic E-state index is 0.252. The summed E-state index contributed by atoms with van der Waals surface area (Å²) < 4.78 is 44.5. The fraction of sp³-hybridized carbons (Fsp3) is 0.412. The Labute approximate surface area is 142 Å². The summed E-state index contributed by atoms with van der Waals surface area (Å²) in [5, 5.41) is 6.31. The van der Waals surface area contributed by atoms with Gasteiger partial charge in [-0.25, -0.2) is 4.79 Å². The molecule has 0 unspecified atom stereocenters. The van der Waals surface area contributed by atoms with Crippen molar-refractivity contribution in [1.29, 1.82) is 0 Å².